The first-order valence-corrected chi connectivity index (χ1v) is 6.78. The summed E-state index contributed by atoms with van der Waals surface area (Å²) in [5, 5.41) is 4.42. The van der Waals surface area contributed by atoms with Gasteiger partial charge < -0.3 is 5.32 Å². The Morgan fingerprint density at radius 1 is 1.28 bits per heavy atom. The van der Waals surface area contributed by atoms with Gasteiger partial charge in [0.2, 0.25) is 5.95 Å². The van der Waals surface area contributed by atoms with Crippen molar-refractivity contribution in [1.29, 1.82) is 0 Å². The van der Waals surface area contributed by atoms with Crippen molar-refractivity contribution >= 4 is 28.5 Å². The van der Waals surface area contributed by atoms with Crippen LogP contribution in [0.3, 0.4) is 0 Å². The van der Waals surface area contributed by atoms with E-state index in [1.165, 1.54) is 0 Å². The van der Waals surface area contributed by atoms with Crippen LogP contribution in [-0.2, 0) is 0 Å². The maximum Gasteiger partial charge on any atom is 0.223 e. The monoisotopic (exact) mass is 263 g/mol. The molecule has 2 rings (SSSR count). The third kappa shape index (κ3) is 3.10. The second kappa shape index (κ2) is 6.01. The summed E-state index contributed by atoms with van der Waals surface area (Å²) >= 11 is 5.82. The number of fused-ring (bicyclic) bond motifs is 1. The number of halogens is 1. The maximum atomic E-state index is 5.82. The molecule has 0 spiro atoms. The zero-order valence-corrected chi connectivity index (χ0v) is 11.5. The van der Waals surface area contributed by atoms with E-state index < -0.39 is 0 Å². The first-order chi connectivity index (χ1) is 8.70. The van der Waals surface area contributed by atoms with Crippen LogP contribution in [0.15, 0.2) is 30.5 Å². The average molecular weight is 264 g/mol. The highest BCUT2D eigenvalue weighted by Crippen LogP contribution is 2.15. The average Bonchev–Trinajstić information content (AvgIpc) is 2.38. The number of hydrogen-bond donors (Lipinski definition) is 1. The largest absolute Gasteiger partial charge is 0.351 e. The molecule has 1 aromatic carbocycles. The highest BCUT2D eigenvalue weighted by atomic mass is 35.5. The van der Waals surface area contributed by atoms with Gasteiger partial charge >= 0.3 is 0 Å². The molecule has 0 fully saturated rings. The van der Waals surface area contributed by atoms with Crippen molar-refractivity contribution in [1.82, 2.24) is 9.97 Å². The Kier molecular flexibility index (Phi) is 4.37. The van der Waals surface area contributed by atoms with Gasteiger partial charge in [-0.15, -0.1) is 11.6 Å². The molecule has 2 aromatic rings. The Morgan fingerprint density at radius 3 is 2.78 bits per heavy atom. The van der Waals surface area contributed by atoms with Crippen molar-refractivity contribution in [3.8, 4) is 0 Å². The molecular weight excluding hydrogens is 246 g/mol. The smallest absolute Gasteiger partial charge is 0.223 e. The normalized spacial score (nSPS) is 12.9. The lowest BCUT2D eigenvalue weighted by Crippen LogP contribution is -2.27. The number of benzene rings is 1. The van der Waals surface area contributed by atoms with Gasteiger partial charge in [0.05, 0.1) is 5.52 Å². The fourth-order valence-corrected chi connectivity index (χ4v) is 2.13. The lowest BCUT2D eigenvalue weighted by molar-refractivity contribution is 0.510. The molecule has 18 heavy (non-hydrogen) atoms. The summed E-state index contributed by atoms with van der Waals surface area (Å²) in [4.78, 5) is 8.86. The van der Waals surface area contributed by atoms with Crippen LogP contribution >= 0.6 is 11.6 Å². The first kappa shape index (κ1) is 13.1. The molecule has 0 amide bonds. The summed E-state index contributed by atoms with van der Waals surface area (Å²) in [6.45, 7) is 4.34. The molecule has 1 atom stereocenters. The Morgan fingerprint density at radius 2 is 2.06 bits per heavy atom. The molecule has 0 radical (unpaired) electrons. The van der Waals surface area contributed by atoms with Crippen LogP contribution in [0.2, 0.25) is 0 Å². The third-order valence-corrected chi connectivity index (χ3v) is 3.25. The van der Waals surface area contributed by atoms with Crippen molar-refractivity contribution in [2.75, 3.05) is 11.2 Å². The van der Waals surface area contributed by atoms with E-state index in [2.05, 4.69) is 29.1 Å². The van der Waals surface area contributed by atoms with Gasteiger partial charge in [-0.05, 0) is 18.4 Å². The van der Waals surface area contributed by atoms with E-state index in [1.54, 1.807) is 0 Å². The predicted octanol–water partition coefficient (Wildman–Crippen LogP) is 3.70. The number of hydrogen-bond acceptors (Lipinski definition) is 3. The molecule has 1 heterocycles. The first-order valence-electron chi connectivity index (χ1n) is 6.25. The molecule has 0 aliphatic heterocycles. The minimum Gasteiger partial charge on any atom is -0.351 e. The van der Waals surface area contributed by atoms with Crippen molar-refractivity contribution in [3.63, 3.8) is 0 Å². The molecule has 4 heteroatoms. The molecule has 1 aromatic heterocycles. The number of anilines is 1. The minimum atomic E-state index is 0.309. The van der Waals surface area contributed by atoms with Crippen molar-refractivity contribution in [2.45, 2.75) is 26.3 Å². The molecule has 0 aliphatic rings. The Balaban J connectivity index is 2.20. The molecule has 0 aliphatic carbocycles. The second-order valence-electron chi connectivity index (χ2n) is 4.72. The standard InChI is InChI=1S/C14H18ClN3/c1-10(2)12(7-8-15)17-14-16-9-11-5-3-4-6-13(11)18-14/h3-6,9-10,12H,7-8H2,1-2H3,(H,16,17,18). The van der Waals surface area contributed by atoms with Crippen LogP contribution in [-0.4, -0.2) is 21.9 Å². The Bertz CT molecular complexity index is 513. The SMILES string of the molecule is CC(C)C(CCCl)Nc1ncc2ccccc2n1. The summed E-state index contributed by atoms with van der Waals surface area (Å²) in [5.41, 5.74) is 0.961. The van der Waals surface area contributed by atoms with Gasteiger partial charge in [-0.2, -0.15) is 0 Å². The van der Waals surface area contributed by atoms with Crippen LogP contribution in [0, 0.1) is 5.92 Å². The Labute approximate surface area is 113 Å². The summed E-state index contributed by atoms with van der Waals surface area (Å²) in [5.74, 6) is 1.82. The van der Waals surface area contributed by atoms with Crippen LogP contribution in [0.5, 0.6) is 0 Å². The van der Waals surface area contributed by atoms with Crippen molar-refractivity contribution < 1.29 is 0 Å². The summed E-state index contributed by atoms with van der Waals surface area (Å²) in [6, 6.07) is 8.29. The van der Waals surface area contributed by atoms with Gasteiger partial charge in [0.25, 0.3) is 0 Å². The highest BCUT2D eigenvalue weighted by Gasteiger charge is 2.13. The topological polar surface area (TPSA) is 37.8 Å². The van der Waals surface area contributed by atoms with E-state index in [0.29, 0.717) is 23.8 Å². The molecule has 96 valence electrons. The minimum absolute atomic E-state index is 0.309. The molecule has 0 bridgehead atoms. The van der Waals surface area contributed by atoms with Gasteiger partial charge in [0.15, 0.2) is 0 Å². The second-order valence-corrected chi connectivity index (χ2v) is 5.10. The van der Waals surface area contributed by atoms with Gasteiger partial charge in [0.1, 0.15) is 0 Å². The van der Waals surface area contributed by atoms with E-state index in [9.17, 15) is 0 Å². The van der Waals surface area contributed by atoms with Gasteiger partial charge in [-0.3, -0.25) is 0 Å². The van der Waals surface area contributed by atoms with E-state index in [4.69, 9.17) is 11.6 Å². The van der Waals surface area contributed by atoms with Crippen molar-refractivity contribution in [3.05, 3.63) is 30.5 Å². The van der Waals surface area contributed by atoms with Gasteiger partial charge in [-0.1, -0.05) is 32.0 Å². The quantitative estimate of drug-likeness (QED) is 0.836. The number of nitrogens with zero attached hydrogens (tertiary/aromatic N) is 2. The molecule has 1 N–H and O–H groups in total. The van der Waals surface area contributed by atoms with E-state index >= 15 is 0 Å². The van der Waals surface area contributed by atoms with E-state index in [0.717, 1.165) is 17.3 Å². The molecule has 0 saturated heterocycles. The molecule has 1 unspecified atom stereocenters. The maximum absolute atomic E-state index is 5.82. The van der Waals surface area contributed by atoms with Crippen LogP contribution < -0.4 is 5.32 Å². The van der Waals surface area contributed by atoms with Gasteiger partial charge in [0, 0.05) is 23.5 Å². The van der Waals surface area contributed by atoms with E-state index in [-0.39, 0.29) is 0 Å². The molecular formula is C14H18ClN3. The van der Waals surface area contributed by atoms with E-state index in [1.807, 2.05) is 30.5 Å². The van der Waals surface area contributed by atoms with Crippen molar-refractivity contribution in [2.24, 2.45) is 5.92 Å². The lowest BCUT2D eigenvalue weighted by Gasteiger charge is -2.21. The Hall–Kier alpha value is -1.35. The number of para-hydroxylation sites is 1. The number of rotatable bonds is 5. The van der Waals surface area contributed by atoms with Crippen LogP contribution in [0.1, 0.15) is 20.3 Å². The lowest BCUT2D eigenvalue weighted by atomic mass is 10.0. The molecule has 3 nitrogen and oxygen atoms in total. The zero-order valence-electron chi connectivity index (χ0n) is 10.7. The summed E-state index contributed by atoms with van der Waals surface area (Å²) in [6.07, 6.45) is 2.76. The highest BCUT2D eigenvalue weighted by molar-refractivity contribution is 6.17. The summed E-state index contributed by atoms with van der Waals surface area (Å²) in [7, 11) is 0. The van der Waals surface area contributed by atoms with Crippen LogP contribution in [0.25, 0.3) is 10.9 Å². The van der Waals surface area contributed by atoms with Gasteiger partial charge in [-0.25, -0.2) is 9.97 Å². The fourth-order valence-electron chi connectivity index (χ4n) is 1.90. The fraction of sp³-hybridized carbons (Fsp3) is 0.429. The predicted molar refractivity (Wildman–Crippen MR) is 77.1 cm³/mol. The zero-order chi connectivity index (χ0) is 13.0. The number of alkyl halides is 1. The van der Waals surface area contributed by atoms with Crippen LogP contribution in [0.4, 0.5) is 5.95 Å². The number of aromatic nitrogens is 2. The summed E-state index contributed by atoms with van der Waals surface area (Å²) < 4.78 is 0. The molecule has 0 saturated carbocycles. The third-order valence-electron chi connectivity index (χ3n) is 3.03. The number of nitrogens with one attached hydrogen (secondary N) is 1.